The molecule has 0 heterocycles. The summed E-state index contributed by atoms with van der Waals surface area (Å²) in [5, 5.41) is 9.48. The van der Waals surface area contributed by atoms with Crippen molar-refractivity contribution in [3.8, 4) is 5.75 Å². The fraction of sp³-hybridized carbons (Fsp3) is 0.300. The SMILES string of the molecule is CC(CC=O)c1ccc(O)c(Cl)c1. The minimum absolute atomic E-state index is 0.0729. The molecule has 0 fully saturated rings. The number of phenols is 1. The van der Waals surface area contributed by atoms with Gasteiger partial charge in [-0.05, 0) is 23.6 Å². The van der Waals surface area contributed by atoms with Crippen LogP contribution in [-0.2, 0) is 4.79 Å². The van der Waals surface area contributed by atoms with E-state index in [-0.39, 0.29) is 11.7 Å². The van der Waals surface area contributed by atoms with Crippen molar-refractivity contribution in [2.45, 2.75) is 19.3 Å². The van der Waals surface area contributed by atoms with Gasteiger partial charge in [0.05, 0.1) is 5.02 Å². The van der Waals surface area contributed by atoms with Crippen molar-refractivity contribution >= 4 is 17.9 Å². The highest BCUT2D eigenvalue weighted by molar-refractivity contribution is 6.32. The van der Waals surface area contributed by atoms with Crippen molar-refractivity contribution in [3.63, 3.8) is 0 Å². The molecule has 0 amide bonds. The first-order valence-corrected chi connectivity index (χ1v) is 4.45. The topological polar surface area (TPSA) is 37.3 Å². The molecular formula is C10H11ClO2. The van der Waals surface area contributed by atoms with Crippen LogP contribution in [0.4, 0.5) is 0 Å². The van der Waals surface area contributed by atoms with Gasteiger partial charge in [-0.3, -0.25) is 0 Å². The number of carbonyl (C=O) groups excluding carboxylic acids is 1. The fourth-order valence-corrected chi connectivity index (χ4v) is 1.30. The third-order valence-corrected chi connectivity index (χ3v) is 2.29. The van der Waals surface area contributed by atoms with Gasteiger partial charge in [0.25, 0.3) is 0 Å². The van der Waals surface area contributed by atoms with E-state index >= 15 is 0 Å². The second kappa shape index (κ2) is 4.28. The average Bonchev–Trinajstić information content (AvgIpc) is 2.10. The number of hydrogen-bond acceptors (Lipinski definition) is 2. The Kier molecular flexibility index (Phi) is 3.32. The number of phenolic OH excluding ortho intramolecular Hbond substituents is 1. The van der Waals surface area contributed by atoms with Crippen LogP contribution < -0.4 is 0 Å². The number of rotatable bonds is 3. The average molecular weight is 199 g/mol. The highest BCUT2D eigenvalue weighted by Gasteiger charge is 2.06. The molecule has 1 unspecified atom stereocenters. The maximum Gasteiger partial charge on any atom is 0.134 e. The molecule has 1 atom stereocenters. The first-order valence-electron chi connectivity index (χ1n) is 4.07. The summed E-state index contributed by atoms with van der Waals surface area (Å²) in [6, 6.07) is 5.00. The predicted molar refractivity (Wildman–Crippen MR) is 52.2 cm³/mol. The monoisotopic (exact) mass is 198 g/mol. The zero-order chi connectivity index (χ0) is 9.84. The van der Waals surface area contributed by atoms with E-state index in [1.165, 1.54) is 0 Å². The van der Waals surface area contributed by atoms with Gasteiger partial charge in [0.2, 0.25) is 0 Å². The highest BCUT2D eigenvalue weighted by atomic mass is 35.5. The molecule has 0 bridgehead atoms. The Labute approximate surface area is 82.2 Å². The summed E-state index contributed by atoms with van der Waals surface area (Å²) < 4.78 is 0. The number of hydrogen-bond donors (Lipinski definition) is 1. The van der Waals surface area contributed by atoms with Crippen LogP contribution in [0.5, 0.6) is 5.75 Å². The lowest BCUT2D eigenvalue weighted by atomic mass is 9.98. The highest BCUT2D eigenvalue weighted by Crippen LogP contribution is 2.28. The van der Waals surface area contributed by atoms with E-state index in [0.717, 1.165) is 11.8 Å². The van der Waals surface area contributed by atoms with Crippen LogP contribution in [0.25, 0.3) is 0 Å². The van der Waals surface area contributed by atoms with Crippen molar-refractivity contribution in [1.29, 1.82) is 0 Å². The molecule has 1 rings (SSSR count). The first kappa shape index (κ1) is 10.1. The number of benzene rings is 1. The maximum absolute atomic E-state index is 10.3. The smallest absolute Gasteiger partial charge is 0.134 e. The zero-order valence-corrected chi connectivity index (χ0v) is 8.08. The van der Waals surface area contributed by atoms with Gasteiger partial charge in [0.1, 0.15) is 12.0 Å². The standard InChI is InChI=1S/C10H11ClO2/c1-7(4-5-12)8-2-3-10(13)9(11)6-8/h2-3,5-7,13H,4H2,1H3. The number of aldehydes is 1. The van der Waals surface area contributed by atoms with E-state index in [9.17, 15) is 4.79 Å². The lowest BCUT2D eigenvalue weighted by Crippen LogP contribution is -1.93. The molecule has 0 radical (unpaired) electrons. The van der Waals surface area contributed by atoms with Crippen LogP contribution in [0.1, 0.15) is 24.8 Å². The zero-order valence-electron chi connectivity index (χ0n) is 7.33. The molecule has 1 aromatic rings. The van der Waals surface area contributed by atoms with Gasteiger partial charge in [-0.25, -0.2) is 0 Å². The second-order valence-corrected chi connectivity index (χ2v) is 3.42. The Bertz CT molecular complexity index is 310. The van der Waals surface area contributed by atoms with Gasteiger partial charge in [-0.15, -0.1) is 0 Å². The van der Waals surface area contributed by atoms with Crippen LogP contribution in [0.15, 0.2) is 18.2 Å². The van der Waals surface area contributed by atoms with E-state index in [1.54, 1.807) is 18.2 Å². The van der Waals surface area contributed by atoms with Crippen LogP contribution in [0.2, 0.25) is 5.02 Å². The summed E-state index contributed by atoms with van der Waals surface area (Å²) in [4.78, 5) is 10.3. The van der Waals surface area contributed by atoms with Crippen molar-refractivity contribution < 1.29 is 9.90 Å². The van der Waals surface area contributed by atoms with Crippen molar-refractivity contribution in [1.82, 2.24) is 0 Å². The third-order valence-electron chi connectivity index (χ3n) is 1.99. The Morgan fingerprint density at radius 2 is 2.31 bits per heavy atom. The second-order valence-electron chi connectivity index (χ2n) is 3.01. The third kappa shape index (κ3) is 2.46. The van der Waals surface area contributed by atoms with Crippen molar-refractivity contribution in [2.24, 2.45) is 0 Å². The molecule has 0 aromatic heterocycles. The lowest BCUT2D eigenvalue weighted by molar-refractivity contribution is -0.108. The van der Waals surface area contributed by atoms with E-state index in [2.05, 4.69) is 0 Å². The van der Waals surface area contributed by atoms with Crippen molar-refractivity contribution in [3.05, 3.63) is 28.8 Å². The largest absolute Gasteiger partial charge is 0.506 e. The van der Waals surface area contributed by atoms with Gasteiger partial charge in [-0.2, -0.15) is 0 Å². The lowest BCUT2D eigenvalue weighted by Gasteiger charge is -2.08. The first-order chi connectivity index (χ1) is 6.15. The summed E-state index contributed by atoms with van der Waals surface area (Å²) in [6.07, 6.45) is 1.35. The summed E-state index contributed by atoms with van der Waals surface area (Å²) >= 11 is 5.72. The molecule has 0 spiro atoms. The van der Waals surface area contributed by atoms with E-state index in [0.29, 0.717) is 11.4 Å². The quantitative estimate of drug-likeness (QED) is 0.759. The summed E-state index contributed by atoms with van der Waals surface area (Å²) in [7, 11) is 0. The Hall–Kier alpha value is -1.02. The number of carbonyl (C=O) groups is 1. The predicted octanol–water partition coefficient (Wildman–Crippen LogP) is 2.74. The van der Waals surface area contributed by atoms with Crippen LogP contribution in [-0.4, -0.2) is 11.4 Å². The molecule has 0 saturated carbocycles. The molecule has 3 heteroatoms. The van der Waals surface area contributed by atoms with Crippen LogP contribution in [0, 0.1) is 0 Å². The molecule has 0 aliphatic carbocycles. The number of aromatic hydroxyl groups is 1. The van der Waals surface area contributed by atoms with Crippen LogP contribution >= 0.6 is 11.6 Å². The fourth-order valence-electron chi connectivity index (χ4n) is 1.11. The van der Waals surface area contributed by atoms with Gasteiger partial charge < -0.3 is 9.90 Å². The summed E-state index contributed by atoms with van der Waals surface area (Å²) in [5.41, 5.74) is 0.968. The maximum atomic E-state index is 10.3. The summed E-state index contributed by atoms with van der Waals surface area (Å²) in [5.74, 6) is 0.222. The molecule has 2 nitrogen and oxygen atoms in total. The van der Waals surface area contributed by atoms with Gasteiger partial charge in [-0.1, -0.05) is 24.6 Å². The van der Waals surface area contributed by atoms with Gasteiger partial charge in [0, 0.05) is 6.42 Å². The Balaban J connectivity index is 2.89. The molecule has 70 valence electrons. The Morgan fingerprint density at radius 1 is 1.62 bits per heavy atom. The van der Waals surface area contributed by atoms with Gasteiger partial charge >= 0.3 is 0 Å². The molecular weight excluding hydrogens is 188 g/mol. The molecule has 0 aliphatic rings. The number of halogens is 1. The van der Waals surface area contributed by atoms with Crippen LogP contribution in [0.3, 0.4) is 0 Å². The van der Waals surface area contributed by atoms with Gasteiger partial charge in [0.15, 0.2) is 0 Å². The summed E-state index contributed by atoms with van der Waals surface area (Å²) in [6.45, 7) is 1.94. The van der Waals surface area contributed by atoms with E-state index < -0.39 is 0 Å². The minimum Gasteiger partial charge on any atom is -0.506 e. The van der Waals surface area contributed by atoms with Crippen molar-refractivity contribution in [2.75, 3.05) is 0 Å². The van der Waals surface area contributed by atoms with E-state index in [4.69, 9.17) is 16.7 Å². The molecule has 0 saturated heterocycles. The minimum atomic E-state index is 0.0729. The Morgan fingerprint density at radius 3 is 2.85 bits per heavy atom. The van der Waals surface area contributed by atoms with E-state index in [1.807, 2.05) is 6.92 Å². The molecule has 1 N–H and O–H groups in total. The molecule has 1 aromatic carbocycles. The molecule has 0 aliphatic heterocycles. The molecule has 13 heavy (non-hydrogen) atoms. The normalized spacial score (nSPS) is 12.5.